The van der Waals surface area contributed by atoms with Gasteiger partial charge in [0.2, 0.25) is 5.95 Å². The van der Waals surface area contributed by atoms with Crippen molar-refractivity contribution in [3.8, 4) is 51.0 Å². The van der Waals surface area contributed by atoms with E-state index in [0.29, 0.717) is 17.6 Å². The first-order valence-electron chi connectivity index (χ1n) is 19.3. The highest BCUT2D eigenvalue weighted by atomic mass is 16.3. The molecule has 12 rings (SSSR count). The van der Waals surface area contributed by atoms with Crippen LogP contribution in [0.1, 0.15) is 17.7 Å². The van der Waals surface area contributed by atoms with Crippen LogP contribution in [-0.4, -0.2) is 19.5 Å². The maximum Gasteiger partial charge on any atom is 0.238 e. The molecule has 0 bridgehead atoms. The summed E-state index contributed by atoms with van der Waals surface area (Å²) in [5.74, 6) is 2.67. The molecule has 0 amide bonds. The average molecular weight is 733 g/mol. The third-order valence-electron chi connectivity index (χ3n) is 11.4. The van der Waals surface area contributed by atoms with Gasteiger partial charge in [0.25, 0.3) is 0 Å². The number of fused-ring (bicyclic) bond motifs is 9. The van der Waals surface area contributed by atoms with Gasteiger partial charge in [0, 0.05) is 49.2 Å². The Kier molecular flexibility index (Phi) is 6.95. The lowest BCUT2D eigenvalue weighted by Gasteiger charge is -2.11. The quantitative estimate of drug-likeness (QED) is 0.176. The van der Waals surface area contributed by atoms with Crippen molar-refractivity contribution < 1.29 is 8.83 Å². The van der Waals surface area contributed by atoms with Crippen LogP contribution in [0.3, 0.4) is 0 Å². The molecule has 0 aliphatic heterocycles. The predicted octanol–water partition coefficient (Wildman–Crippen LogP) is 13.2. The Bertz CT molecular complexity index is 3410. The summed E-state index contributed by atoms with van der Waals surface area (Å²) in [6, 6.07) is 54.7. The molecule has 0 saturated carbocycles. The maximum atomic E-state index is 6.76. The van der Waals surface area contributed by atoms with Gasteiger partial charge in [0.05, 0.1) is 11.0 Å². The molecule has 268 valence electrons. The standard InChI is InChI=1S/C51H32N4O2/c1-3-13-31(14-4-1)33-26-28-43-41(29-33)36-17-7-9-22-42(36)55(43)51-53-49(32-15-5-2-6-16-32)52-50(54-51)40-21-12-24-45-47(40)39-20-11-19-35(48(39)57-45)34-25-27-38-37-18-8-10-23-44(37)56-46(38)30-34/h1-7,9-17,19-30H,8,18H2. The molecule has 11 aromatic rings. The fourth-order valence-electron chi connectivity index (χ4n) is 8.71. The first-order valence-corrected chi connectivity index (χ1v) is 19.3. The van der Waals surface area contributed by atoms with Gasteiger partial charge < -0.3 is 8.83 Å². The predicted molar refractivity (Wildman–Crippen MR) is 230 cm³/mol. The van der Waals surface area contributed by atoms with E-state index in [1.807, 2.05) is 48.5 Å². The van der Waals surface area contributed by atoms with E-state index in [1.54, 1.807) is 0 Å². The summed E-state index contributed by atoms with van der Waals surface area (Å²) in [5.41, 5.74) is 12.0. The van der Waals surface area contributed by atoms with Crippen molar-refractivity contribution in [1.82, 2.24) is 19.5 Å². The number of furan rings is 2. The van der Waals surface area contributed by atoms with Crippen molar-refractivity contribution in [3.63, 3.8) is 0 Å². The highest BCUT2D eigenvalue weighted by Gasteiger charge is 2.22. The number of aromatic nitrogens is 4. The lowest BCUT2D eigenvalue weighted by molar-refractivity contribution is 0.595. The van der Waals surface area contributed by atoms with E-state index in [1.165, 1.54) is 16.5 Å². The lowest BCUT2D eigenvalue weighted by Crippen LogP contribution is -2.06. The molecule has 0 atom stereocenters. The van der Waals surface area contributed by atoms with Crippen LogP contribution in [0.25, 0.3) is 112 Å². The topological polar surface area (TPSA) is 69.9 Å². The molecule has 6 nitrogen and oxygen atoms in total. The first kappa shape index (κ1) is 31.7. The minimum atomic E-state index is 0.548. The zero-order valence-electron chi connectivity index (χ0n) is 30.7. The lowest BCUT2D eigenvalue weighted by atomic mass is 9.97. The third kappa shape index (κ3) is 5.00. The Morgan fingerprint density at radius 1 is 0.474 bits per heavy atom. The molecular formula is C51H32N4O2. The summed E-state index contributed by atoms with van der Waals surface area (Å²) in [6.45, 7) is 0. The number of rotatable bonds is 5. The van der Waals surface area contributed by atoms with Gasteiger partial charge in [-0.15, -0.1) is 0 Å². The Morgan fingerprint density at radius 3 is 2.11 bits per heavy atom. The van der Waals surface area contributed by atoms with Crippen LogP contribution in [-0.2, 0) is 6.42 Å². The molecule has 57 heavy (non-hydrogen) atoms. The summed E-state index contributed by atoms with van der Waals surface area (Å²) in [7, 11) is 0. The van der Waals surface area contributed by atoms with Crippen LogP contribution in [0.15, 0.2) is 173 Å². The van der Waals surface area contributed by atoms with Crippen molar-refractivity contribution in [2.75, 3.05) is 0 Å². The van der Waals surface area contributed by atoms with Crippen molar-refractivity contribution in [3.05, 3.63) is 175 Å². The van der Waals surface area contributed by atoms with Gasteiger partial charge in [-0.05, 0) is 65.9 Å². The van der Waals surface area contributed by atoms with Crippen molar-refractivity contribution in [2.45, 2.75) is 12.8 Å². The van der Waals surface area contributed by atoms with Crippen LogP contribution in [0, 0.1) is 0 Å². The normalized spacial score (nSPS) is 12.7. The van der Waals surface area contributed by atoms with Gasteiger partial charge in [-0.25, -0.2) is 4.98 Å². The number of aryl methyl sites for hydroxylation is 1. The highest BCUT2D eigenvalue weighted by molar-refractivity contribution is 6.15. The van der Waals surface area contributed by atoms with Crippen LogP contribution >= 0.6 is 0 Å². The summed E-state index contributed by atoms with van der Waals surface area (Å²) < 4.78 is 15.3. The van der Waals surface area contributed by atoms with Crippen LogP contribution in [0.2, 0.25) is 0 Å². The Hall–Kier alpha value is -7.57. The Labute approximate surface area is 327 Å². The third-order valence-corrected chi connectivity index (χ3v) is 11.4. The molecule has 0 N–H and O–H groups in total. The van der Waals surface area contributed by atoms with Crippen LogP contribution < -0.4 is 0 Å². The van der Waals surface area contributed by atoms with E-state index in [9.17, 15) is 0 Å². The molecule has 4 heterocycles. The van der Waals surface area contributed by atoms with E-state index in [4.69, 9.17) is 23.8 Å². The van der Waals surface area contributed by atoms with Gasteiger partial charge in [-0.2, -0.15) is 9.97 Å². The SMILES string of the molecule is C1=Cc2oc3cc(-c4cccc5c4oc4cccc(-c6nc(-c7ccccc7)nc(-n7c8ccccc8c8cc(-c9ccccc9)ccc87)n6)c45)ccc3c2CC1. The molecule has 4 aromatic heterocycles. The Morgan fingerprint density at radius 2 is 1.21 bits per heavy atom. The molecule has 1 aliphatic carbocycles. The van der Waals surface area contributed by atoms with Crippen molar-refractivity contribution in [1.29, 1.82) is 0 Å². The first-order chi connectivity index (χ1) is 28.2. The maximum absolute atomic E-state index is 6.76. The zero-order chi connectivity index (χ0) is 37.5. The molecule has 0 spiro atoms. The fourth-order valence-corrected chi connectivity index (χ4v) is 8.71. The van der Waals surface area contributed by atoms with E-state index >= 15 is 0 Å². The largest absolute Gasteiger partial charge is 0.456 e. The average Bonchev–Trinajstić information content (AvgIpc) is 3.96. The van der Waals surface area contributed by atoms with Gasteiger partial charge in [-0.3, -0.25) is 4.57 Å². The summed E-state index contributed by atoms with van der Waals surface area (Å²) >= 11 is 0. The van der Waals surface area contributed by atoms with Gasteiger partial charge in [0.15, 0.2) is 11.6 Å². The van der Waals surface area contributed by atoms with E-state index in [-0.39, 0.29) is 0 Å². The zero-order valence-corrected chi connectivity index (χ0v) is 30.7. The minimum Gasteiger partial charge on any atom is -0.456 e. The molecule has 7 aromatic carbocycles. The fraction of sp³-hybridized carbons (Fsp3) is 0.0392. The number of para-hydroxylation sites is 2. The molecule has 0 unspecified atom stereocenters. The van der Waals surface area contributed by atoms with E-state index < -0.39 is 0 Å². The van der Waals surface area contributed by atoms with Crippen molar-refractivity contribution >= 4 is 60.8 Å². The second-order valence-corrected chi connectivity index (χ2v) is 14.7. The van der Waals surface area contributed by atoms with Gasteiger partial charge >= 0.3 is 0 Å². The number of benzene rings is 7. The summed E-state index contributed by atoms with van der Waals surface area (Å²) in [5, 5.41) is 5.40. The second-order valence-electron chi connectivity index (χ2n) is 14.7. The summed E-state index contributed by atoms with van der Waals surface area (Å²) in [4.78, 5) is 15.7. The number of allylic oxidation sites excluding steroid dienone is 1. The molecular weight excluding hydrogens is 701 g/mol. The second kappa shape index (κ2) is 12.5. The highest BCUT2D eigenvalue weighted by Crippen LogP contribution is 2.42. The molecule has 6 heteroatoms. The minimum absolute atomic E-state index is 0.548. The number of hydrogen-bond donors (Lipinski definition) is 0. The van der Waals surface area contributed by atoms with Gasteiger partial charge in [-0.1, -0.05) is 133 Å². The van der Waals surface area contributed by atoms with Crippen LogP contribution in [0.4, 0.5) is 0 Å². The molecule has 0 fully saturated rings. The molecule has 0 radical (unpaired) electrons. The van der Waals surface area contributed by atoms with Crippen LogP contribution in [0.5, 0.6) is 0 Å². The molecule has 1 aliphatic rings. The van der Waals surface area contributed by atoms with Gasteiger partial charge in [0.1, 0.15) is 22.5 Å². The molecule has 0 saturated heterocycles. The smallest absolute Gasteiger partial charge is 0.238 e. The monoisotopic (exact) mass is 732 g/mol. The van der Waals surface area contributed by atoms with Crippen molar-refractivity contribution in [2.24, 2.45) is 0 Å². The summed E-state index contributed by atoms with van der Waals surface area (Å²) in [6.07, 6.45) is 6.31. The van der Waals surface area contributed by atoms with E-state index in [0.717, 1.165) is 95.7 Å². The van der Waals surface area contributed by atoms with E-state index in [2.05, 4.69) is 126 Å². The number of nitrogens with zero attached hydrogens (tertiary/aromatic N) is 4. The Balaban J connectivity index is 1.07. The number of hydrogen-bond acceptors (Lipinski definition) is 5.